The summed E-state index contributed by atoms with van der Waals surface area (Å²) in [6, 6.07) is 0. The Hall–Kier alpha value is -0.100. The van der Waals surface area contributed by atoms with Crippen LogP contribution in [0.3, 0.4) is 0 Å². The number of unbranched alkanes of at least 4 members (excludes halogenated alkanes) is 6. The highest BCUT2D eigenvalue weighted by molar-refractivity contribution is 9.09. The largest absolute Gasteiger partial charge is 0.466 e. The van der Waals surface area contributed by atoms with E-state index in [1.165, 1.54) is 19.3 Å². The SMILES string of the molecule is O=C(CCCBr)OCCCCCCCCCOC(=O)CCCBr. The Bertz CT molecular complexity index is 270. The minimum atomic E-state index is -0.0878. The van der Waals surface area contributed by atoms with Crippen LogP contribution < -0.4 is 0 Å². The van der Waals surface area contributed by atoms with Gasteiger partial charge in [-0.15, -0.1) is 0 Å². The topological polar surface area (TPSA) is 52.6 Å². The molecule has 0 aromatic rings. The molecule has 0 amide bonds. The zero-order valence-electron chi connectivity index (χ0n) is 14.0. The number of rotatable bonds is 16. The highest BCUT2D eigenvalue weighted by atomic mass is 79.9. The highest BCUT2D eigenvalue weighted by Gasteiger charge is 2.02. The van der Waals surface area contributed by atoms with Crippen LogP contribution >= 0.6 is 31.9 Å². The normalized spacial score (nSPS) is 10.5. The van der Waals surface area contributed by atoms with E-state index in [1.807, 2.05) is 0 Å². The zero-order valence-corrected chi connectivity index (χ0v) is 17.2. The van der Waals surface area contributed by atoms with E-state index in [4.69, 9.17) is 9.47 Å². The smallest absolute Gasteiger partial charge is 0.305 e. The van der Waals surface area contributed by atoms with E-state index in [9.17, 15) is 9.59 Å². The first-order chi connectivity index (χ1) is 11.2. The van der Waals surface area contributed by atoms with Crippen molar-refractivity contribution in [2.75, 3.05) is 23.9 Å². The van der Waals surface area contributed by atoms with Crippen LogP contribution in [-0.4, -0.2) is 35.8 Å². The molecule has 0 aromatic heterocycles. The van der Waals surface area contributed by atoms with Gasteiger partial charge in [0.1, 0.15) is 0 Å². The average Bonchev–Trinajstić information content (AvgIpc) is 2.55. The van der Waals surface area contributed by atoms with Gasteiger partial charge < -0.3 is 9.47 Å². The molecule has 0 aliphatic heterocycles. The van der Waals surface area contributed by atoms with Gasteiger partial charge in [0.2, 0.25) is 0 Å². The molecular formula is C17H30Br2O4. The Morgan fingerprint density at radius 2 is 0.913 bits per heavy atom. The van der Waals surface area contributed by atoms with E-state index in [0.29, 0.717) is 26.1 Å². The summed E-state index contributed by atoms with van der Waals surface area (Å²) in [6.45, 7) is 1.09. The van der Waals surface area contributed by atoms with Crippen LogP contribution in [0.5, 0.6) is 0 Å². The molecule has 0 saturated heterocycles. The van der Waals surface area contributed by atoms with Crippen molar-refractivity contribution in [1.29, 1.82) is 0 Å². The van der Waals surface area contributed by atoms with Gasteiger partial charge in [0.25, 0.3) is 0 Å². The summed E-state index contributed by atoms with van der Waals surface area (Å²) < 4.78 is 10.3. The first-order valence-electron chi connectivity index (χ1n) is 8.64. The van der Waals surface area contributed by atoms with Crippen LogP contribution in [0.15, 0.2) is 0 Å². The van der Waals surface area contributed by atoms with Crippen molar-refractivity contribution in [3.63, 3.8) is 0 Å². The first kappa shape index (κ1) is 22.9. The second kappa shape index (κ2) is 18.2. The van der Waals surface area contributed by atoms with Crippen LogP contribution in [0.2, 0.25) is 0 Å². The van der Waals surface area contributed by atoms with Crippen molar-refractivity contribution in [3.05, 3.63) is 0 Å². The molecule has 0 fully saturated rings. The van der Waals surface area contributed by atoms with Crippen LogP contribution in [-0.2, 0) is 19.1 Å². The fraction of sp³-hybridized carbons (Fsp3) is 0.882. The third kappa shape index (κ3) is 18.1. The number of alkyl halides is 2. The van der Waals surface area contributed by atoms with E-state index in [0.717, 1.165) is 49.2 Å². The maximum atomic E-state index is 11.3. The molecule has 0 aliphatic rings. The van der Waals surface area contributed by atoms with E-state index in [-0.39, 0.29) is 11.9 Å². The Balaban J connectivity index is 3.16. The van der Waals surface area contributed by atoms with Crippen molar-refractivity contribution in [3.8, 4) is 0 Å². The van der Waals surface area contributed by atoms with Crippen LogP contribution in [0, 0.1) is 0 Å². The van der Waals surface area contributed by atoms with Crippen LogP contribution in [0.25, 0.3) is 0 Å². The molecule has 0 aliphatic carbocycles. The molecule has 0 atom stereocenters. The summed E-state index contributed by atoms with van der Waals surface area (Å²) in [5, 5.41) is 1.69. The summed E-state index contributed by atoms with van der Waals surface area (Å²) >= 11 is 6.59. The Labute approximate surface area is 157 Å². The second-order valence-corrected chi connectivity index (χ2v) is 7.09. The number of hydrogen-bond acceptors (Lipinski definition) is 4. The van der Waals surface area contributed by atoms with E-state index in [2.05, 4.69) is 31.9 Å². The predicted octanol–water partition coefficient (Wildman–Crippen LogP) is 5.15. The zero-order chi connectivity index (χ0) is 17.2. The van der Waals surface area contributed by atoms with Gasteiger partial charge in [0, 0.05) is 23.5 Å². The molecule has 0 rings (SSSR count). The number of carbonyl (C=O) groups excluding carboxylic acids is 2. The van der Waals surface area contributed by atoms with Crippen molar-refractivity contribution < 1.29 is 19.1 Å². The Kier molecular flexibility index (Phi) is 18.2. The minimum absolute atomic E-state index is 0.0878. The highest BCUT2D eigenvalue weighted by Crippen LogP contribution is 2.08. The average molecular weight is 458 g/mol. The predicted molar refractivity (Wildman–Crippen MR) is 100 cm³/mol. The lowest BCUT2D eigenvalue weighted by molar-refractivity contribution is -0.144. The van der Waals surface area contributed by atoms with E-state index >= 15 is 0 Å². The monoisotopic (exact) mass is 456 g/mol. The maximum absolute atomic E-state index is 11.3. The third-order valence-electron chi connectivity index (χ3n) is 3.34. The van der Waals surface area contributed by atoms with E-state index in [1.54, 1.807) is 0 Å². The summed E-state index contributed by atoms with van der Waals surface area (Å²) in [7, 11) is 0. The van der Waals surface area contributed by atoms with Gasteiger partial charge in [-0.25, -0.2) is 0 Å². The van der Waals surface area contributed by atoms with Crippen molar-refractivity contribution in [2.45, 2.75) is 70.6 Å². The molecule has 136 valence electrons. The molecule has 0 radical (unpaired) electrons. The number of hydrogen-bond donors (Lipinski definition) is 0. The molecule has 0 bridgehead atoms. The molecule has 0 N–H and O–H groups in total. The van der Waals surface area contributed by atoms with Gasteiger partial charge in [-0.05, 0) is 25.7 Å². The molecule has 0 unspecified atom stereocenters. The second-order valence-electron chi connectivity index (χ2n) is 5.50. The van der Waals surface area contributed by atoms with Gasteiger partial charge in [0.05, 0.1) is 13.2 Å². The number of esters is 2. The van der Waals surface area contributed by atoms with Crippen molar-refractivity contribution in [1.82, 2.24) is 0 Å². The van der Waals surface area contributed by atoms with E-state index < -0.39 is 0 Å². The van der Waals surface area contributed by atoms with Gasteiger partial charge in [-0.3, -0.25) is 9.59 Å². The number of ether oxygens (including phenoxy) is 2. The molecule has 0 aromatic carbocycles. The third-order valence-corrected chi connectivity index (χ3v) is 4.47. The van der Waals surface area contributed by atoms with Gasteiger partial charge >= 0.3 is 11.9 Å². The maximum Gasteiger partial charge on any atom is 0.305 e. The first-order valence-corrected chi connectivity index (χ1v) is 10.9. The summed E-state index contributed by atoms with van der Waals surface area (Å²) in [6.07, 6.45) is 10.3. The standard InChI is InChI=1S/C17H30Br2O4/c18-12-8-10-16(20)22-14-6-4-2-1-3-5-7-15-23-17(21)11-9-13-19/h1-15H2. The summed E-state index contributed by atoms with van der Waals surface area (Å²) in [5.41, 5.74) is 0. The van der Waals surface area contributed by atoms with Gasteiger partial charge in [-0.2, -0.15) is 0 Å². The lowest BCUT2D eigenvalue weighted by atomic mass is 10.1. The molecule has 0 spiro atoms. The Morgan fingerprint density at radius 3 is 1.26 bits per heavy atom. The fourth-order valence-corrected chi connectivity index (χ4v) is 2.59. The molecular weight excluding hydrogens is 428 g/mol. The fourth-order valence-electron chi connectivity index (χ4n) is 2.03. The molecule has 4 nitrogen and oxygen atoms in total. The number of halogens is 2. The minimum Gasteiger partial charge on any atom is -0.466 e. The lowest BCUT2D eigenvalue weighted by Gasteiger charge is -2.05. The lowest BCUT2D eigenvalue weighted by Crippen LogP contribution is -2.06. The molecule has 0 heterocycles. The van der Waals surface area contributed by atoms with Gasteiger partial charge in [0.15, 0.2) is 0 Å². The van der Waals surface area contributed by atoms with Crippen molar-refractivity contribution in [2.24, 2.45) is 0 Å². The summed E-state index contributed by atoms with van der Waals surface area (Å²) in [5.74, 6) is -0.176. The number of carbonyl (C=O) groups is 2. The van der Waals surface area contributed by atoms with Gasteiger partial charge in [-0.1, -0.05) is 64.0 Å². The molecule has 0 saturated carbocycles. The van der Waals surface area contributed by atoms with Crippen LogP contribution in [0.4, 0.5) is 0 Å². The quantitative estimate of drug-likeness (QED) is 0.182. The Morgan fingerprint density at radius 1 is 0.565 bits per heavy atom. The van der Waals surface area contributed by atoms with Crippen LogP contribution in [0.1, 0.15) is 70.6 Å². The summed E-state index contributed by atoms with van der Waals surface area (Å²) in [4.78, 5) is 22.5. The molecule has 23 heavy (non-hydrogen) atoms. The van der Waals surface area contributed by atoms with Crippen molar-refractivity contribution >= 4 is 43.8 Å². The molecule has 6 heteroatoms.